The van der Waals surface area contributed by atoms with Crippen LogP contribution in [0, 0.1) is 11.8 Å². The summed E-state index contributed by atoms with van der Waals surface area (Å²) < 4.78 is 0. The predicted octanol–water partition coefficient (Wildman–Crippen LogP) is -6.28. The van der Waals surface area contributed by atoms with Crippen LogP contribution in [-0.2, 0) is 80.0 Å². The number of aliphatic hydroxyl groups excluding tert-OH is 3. The maximum atomic E-state index is 14.2. The number of phenolic OH excluding ortho intramolecular Hbond substituents is 2. The quantitative estimate of drug-likeness (QED) is 0.0297. The van der Waals surface area contributed by atoms with Gasteiger partial charge < -0.3 is 106 Å². The number of likely N-dealkylation sites (tertiary alicyclic amines) is 1. The maximum absolute atomic E-state index is 14.2. The number of carbonyl (C=O) groups excluding carboxylic acids is 12. The number of benzene rings is 2. The van der Waals surface area contributed by atoms with Crippen LogP contribution in [-0.4, -0.2) is 216 Å². The Hall–Kier alpha value is -9.54. The summed E-state index contributed by atoms with van der Waals surface area (Å²) in [5, 5.41) is 91.0. The van der Waals surface area contributed by atoms with Crippen LogP contribution in [0.3, 0.4) is 0 Å². The molecule has 0 saturated carbocycles. The van der Waals surface area contributed by atoms with E-state index < -0.39 is 201 Å². The first-order valence-corrected chi connectivity index (χ1v) is 29.4. The van der Waals surface area contributed by atoms with Gasteiger partial charge in [0.05, 0.1) is 38.2 Å². The summed E-state index contributed by atoms with van der Waals surface area (Å²) >= 11 is 0. The van der Waals surface area contributed by atoms with Crippen LogP contribution in [0.4, 0.5) is 0 Å². The number of nitrogens with zero attached hydrogens (tertiary/aromatic N) is 1. The molecule has 0 unspecified atom stereocenters. The first-order valence-electron chi connectivity index (χ1n) is 29.4. The number of phenols is 2. The van der Waals surface area contributed by atoms with Gasteiger partial charge in [-0.15, -0.1) is 0 Å². The van der Waals surface area contributed by atoms with Gasteiger partial charge in [-0.05, 0) is 86.3 Å². The molecule has 1 saturated heterocycles. The molecule has 1 aliphatic heterocycles. The minimum Gasteiger partial charge on any atom is -0.508 e. The van der Waals surface area contributed by atoms with E-state index in [1.165, 1.54) is 48.5 Å². The van der Waals surface area contributed by atoms with E-state index in [-0.39, 0.29) is 67.5 Å². The lowest BCUT2D eigenvalue weighted by atomic mass is 10.0. The third kappa shape index (κ3) is 25.4. The molecular weight excluding hydrogens is 1210 g/mol. The fourth-order valence-corrected chi connectivity index (χ4v) is 9.53. The number of nitrogens with one attached hydrogen (secondary N) is 9. The second-order valence-corrected chi connectivity index (χ2v) is 23.0. The smallest absolute Gasteiger partial charge is 0.326 e. The monoisotopic (exact) mass is 1300 g/mol. The Labute approximate surface area is 528 Å². The molecular formula is C58H85N13O21. The fraction of sp³-hybridized carbons (Fsp3) is 0.552. The van der Waals surface area contributed by atoms with Gasteiger partial charge in [-0.3, -0.25) is 62.3 Å². The number of hydrogen-bond donors (Lipinski definition) is 19. The highest BCUT2D eigenvalue weighted by Gasteiger charge is 2.41. The topological polar surface area (TPSA) is 570 Å². The minimum absolute atomic E-state index is 0.00444. The largest absolute Gasteiger partial charge is 0.508 e. The number of hydrogen-bond acceptors (Lipinski definition) is 20. The van der Waals surface area contributed by atoms with Gasteiger partial charge in [0.25, 0.3) is 0 Å². The fourth-order valence-electron chi connectivity index (χ4n) is 9.53. The molecule has 2 aromatic carbocycles. The molecule has 34 nitrogen and oxygen atoms in total. The lowest BCUT2D eigenvalue weighted by molar-refractivity contribution is -0.144. The first kappa shape index (κ1) is 76.7. The molecule has 508 valence electrons. The molecule has 0 bridgehead atoms. The molecule has 1 aliphatic rings. The van der Waals surface area contributed by atoms with Gasteiger partial charge in [-0.25, -0.2) is 4.79 Å². The maximum Gasteiger partial charge on any atom is 0.326 e. The number of aromatic hydroxyl groups is 2. The van der Waals surface area contributed by atoms with E-state index in [0.717, 1.165) is 11.8 Å². The average Bonchev–Trinajstić information content (AvgIpc) is 1.58. The number of aliphatic carboxylic acids is 2. The Morgan fingerprint density at radius 1 is 0.511 bits per heavy atom. The van der Waals surface area contributed by atoms with Crippen LogP contribution in [0.2, 0.25) is 0 Å². The molecule has 3 rings (SSSR count). The van der Waals surface area contributed by atoms with E-state index in [2.05, 4.69) is 47.9 Å². The van der Waals surface area contributed by atoms with Crippen molar-refractivity contribution < 1.29 is 103 Å². The third-order valence-corrected chi connectivity index (χ3v) is 14.3. The molecule has 22 N–H and O–H groups in total. The number of primary amides is 2. The van der Waals surface area contributed by atoms with Gasteiger partial charge in [0.2, 0.25) is 70.9 Å². The zero-order chi connectivity index (χ0) is 69.3. The lowest BCUT2D eigenvalue weighted by Crippen LogP contribution is -2.62. The number of rotatable bonds is 38. The summed E-state index contributed by atoms with van der Waals surface area (Å²) in [5.41, 5.74) is 17.5. The van der Waals surface area contributed by atoms with Crippen LogP contribution in [0.1, 0.15) is 97.1 Å². The van der Waals surface area contributed by atoms with E-state index in [9.17, 15) is 103 Å². The van der Waals surface area contributed by atoms with Gasteiger partial charge in [0.1, 0.15) is 71.9 Å². The van der Waals surface area contributed by atoms with Gasteiger partial charge in [0.15, 0.2) is 0 Å². The number of nitrogens with two attached hydrogens (primary N) is 3. The van der Waals surface area contributed by atoms with Crippen molar-refractivity contribution in [3.8, 4) is 11.5 Å². The van der Waals surface area contributed by atoms with E-state index >= 15 is 0 Å². The molecule has 1 fully saturated rings. The molecule has 12 amide bonds. The second kappa shape index (κ2) is 37.0. The van der Waals surface area contributed by atoms with Crippen LogP contribution < -0.4 is 65.1 Å². The highest BCUT2D eigenvalue weighted by molar-refractivity contribution is 6.00. The lowest BCUT2D eigenvalue weighted by Gasteiger charge is -2.30. The van der Waals surface area contributed by atoms with Gasteiger partial charge >= 0.3 is 11.9 Å². The SMILES string of the molecule is CC(C)C[C@H](NC(=O)[C@H](CC(N)=O)NC(=O)[C@H](CCC(=O)O)NC(=O)[C@H](Cc1ccc(O)cc1)NC(=O)[C@H](CC(N)=O)NC(=O)[C@H](CO)NC(=O)[C@@H]1CCCN1C(=O)[C@H](CO)NC(=O)[C@@H](NC(=O)[C@H](Cc1ccc(O)cc1)NC(=O)[C@@H](N)CC(C)C)[C@@H](C)O)C(=O)O. The van der Waals surface area contributed by atoms with Crippen molar-refractivity contribution in [3.05, 3.63) is 59.7 Å². The summed E-state index contributed by atoms with van der Waals surface area (Å²) in [5.74, 6) is -17.3. The van der Waals surface area contributed by atoms with Crippen LogP contribution in [0.5, 0.6) is 11.5 Å². The van der Waals surface area contributed by atoms with Crippen molar-refractivity contribution >= 4 is 82.8 Å². The number of aliphatic hydroxyl groups is 3. The van der Waals surface area contributed by atoms with Gasteiger partial charge in [-0.1, -0.05) is 52.0 Å². The number of carboxylic acid groups (broad SMARTS) is 2. The first-order chi connectivity index (χ1) is 43.1. The van der Waals surface area contributed by atoms with Crippen molar-refractivity contribution in [2.24, 2.45) is 29.0 Å². The van der Waals surface area contributed by atoms with Crippen molar-refractivity contribution in [2.75, 3.05) is 19.8 Å². The average molecular weight is 1300 g/mol. The Morgan fingerprint density at radius 2 is 0.913 bits per heavy atom. The van der Waals surface area contributed by atoms with Crippen LogP contribution in [0.25, 0.3) is 0 Å². The van der Waals surface area contributed by atoms with Crippen molar-refractivity contribution in [1.29, 1.82) is 0 Å². The summed E-state index contributed by atoms with van der Waals surface area (Å²) in [6.07, 6.45) is -5.52. The third-order valence-electron chi connectivity index (χ3n) is 14.3. The van der Waals surface area contributed by atoms with E-state index in [4.69, 9.17) is 17.2 Å². The van der Waals surface area contributed by atoms with Crippen molar-refractivity contribution in [1.82, 2.24) is 52.8 Å². The zero-order valence-corrected chi connectivity index (χ0v) is 51.4. The summed E-state index contributed by atoms with van der Waals surface area (Å²) in [6.45, 7) is 5.64. The molecule has 1 heterocycles. The van der Waals surface area contributed by atoms with Crippen molar-refractivity contribution in [2.45, 2.75) is 171 Å². The minimum atomic E-state index is -2.02. The predicted molar refractivity (Wildman–Crippen MR) is 321 cm³/mol. The molecule has 12 atom stereocenters. The Morgan fingerprint density at radius 3 is 1.35 bits per heavy atom. The summed E-state index contributed by atoms with van der Waals surface area (Å²) in [6, 6.07) is -7.92. The molecule has 0 aliphatic carbocycles. The van der Waals surface area contributed by atoms with E-state index in [1.807, 2.05) is 13.8 Å². The Bertz CT molecular complexity index is 2950. The standard InChI is InChI=1S/C58H85N13O21/c1-27(2)19-34(59)48(81)63-37(22-31-10-14-33(76)15-11-31)53(86)70-47(29(5)74)56(89)69-42(26-73)57(90)71-18-6-7-43(71)55(88)68-41(25-72)54(87)66-38(23-44(60)77)51(84)64-36(21-30-8-12-32(75)13-9-30)50(83)62-35(16-17-46(79)80)49(82)65-39(24-45(61)78)52(85)67-40(58(91)92)20-28(3)4/h8-15,27-29,34-43,47,72-76H,6-7,16-26,59H2,1-5H3,(H2,60,77)(H2,61,78)(H,62,83)(H,63,81)(H,64,84)(H,65,82)(H,66,87)(H,67,85)(H,68,88)(H,69,89)(H,70,86)(H,79,80)(H,91,92)/t29-,34+,35+,36+,37+,38+,39+,40+,41+,42+,43+,47+/m1/s1. The molecule has 0 radical (unpaired) electrons. The summed E-state index contributed by atoms with van der Waals surface area (Å²) in [7, 11) is 0. The van der Waals surface area contributed by atoms with Gasteiger partial charge in [0, 0.05) is 25.8 Å². The zero-order valence-electron chi connectivity index (χ0n) is 51.4. The normalized spacial score (nSPS) is 16.4. The molecule has 34 heteroatoms. The highest BCUT2D eigenvalue weighted by Crippen LogP contribution is 2.20. The van der Waals surface area contributed by atoms with Gasteiger partial charge in [-0.2, -0.15) is 0 Å². The molecule has 2 aromatic rings. The summed E-state index contributed by atoms with van der Waals surface area (Å²) in [4.78, 5) is 187. The Kier molecular flexibility index (Phi) is 30.8. The second-order valence-electron chi connectivity index (χ2n) is 23.0. The van der Waals surface area contributed by atoms with Crippen LogP contribution in [0.15, 0.2) is 48.5 Å². The highest BCUT2D eigenvalue weighted by atomic mass is 16.4. The van der Waals surface area contributed by atoms with E-state index in [0.29, 0.717) is 5.56 Å². The number of amides is 12. The molecule has 0 aromatic heterocycles. The number of carboxylic acids is 2. The Balaban J connectivity index is 1.85. The van der Waals surface area contributed by atoms with E-state index in [1.54, 1.807) is 13.8 Å². The van der Waals surface area contributed by atoms with Crippen molar-refractivity contribution in [3.63, 3.8) is 0 Å². The molecule has 92 heavy (non-hydrogen) atoms. The molecule has 0 spiro atoms. The number of carbonyl (C=O) groups is 14. The van der Waals surface area contributed by atoms with Crippen LogP contribution >= 0.6 is 0 Å².